The van der Waals surface area contributed by atoms with Crippen LogP contribution in [0.25, 0.3) is 0 Å². The molecule has 1 saturated carbocycles. The van der Waals surface area contributed by atoms with E-state index < -0.39 is 6.17 Å². The van der Waals surface area contributed by atoms with E-state index in [0.717, 1.165) is 12.8 Å². The minimum absolute atomic E-state index is 0.257. The Kier molecular flexibility index (Phi) is 3.31. The maximum absolute atomic E-state index is 12.9. The molecule has 12 heavy (non-hydrogen) atoms. The monoisotopic (exact) mass is 174 g/mol. The van der Waals surface area contributed by atoms with Gasteiger partial charge in [0.1, 0.15) is 6.17 Å². The quantitative estimate of drug-likeness (QED) is 0.648. The fourth-order valence-corrected chi connectivity index (χ4v) is 1.46. The number of nitrogens with one attached hydrogen (secondary N) is 2. The molecule has 1 fully saturated rings. The lowest BCUT2D eigenvalue weighted by Gasteiger charge is -2.14. The predicted octanol–water partition coefficient (Wildman–Crippen LogP) is 1.20. The van der Waals surface area contributed by atoms with Crippen molar-refractivity contribution >= 4 is 6.03 Å². The highest BCUT2D eigenvalue weighted by molar-refractivity contribution is 5.74. The third-order valence-corrected chi connectivity index (χ3v) is 2.09. The van der Waals surface area contributed by atoms with E-state index in [2.05, 4.69) is 10.6 Å². The lowest BCUT2D eigenvalue weighted by Crippen LogP contribution is -2.44. The maximum Gasteiger partial charge on any atom is 0.315 e. The van der Waals surface area contributed by atoms with Crippen molar-refractivity contribution in [3.05, 3.63) is 0 Å². The van der Waals surface area contributed by atoms with Crippen molar-refractivity contribution in [2.24, 2.45) is 0 Å². The van der Waals surface area contributed by atoms with Gasteiger partial charge in [-0.1, -0.05) is 0 Å². The molecule has 0 heterocycles. The molecule has 0 aromatic rings. The number of halogens is 1. The van der Waals surface area contributed by atoms with E-state index in [-0.39, 0.29) is 12.1 Å². The van der Waals surface area contributed by atoms with Gasteiger partial charge in [-0.2, -0.15) is 0 Å². The van der Waals surface area contributed by atoms with E-state index >= 15 is 0 Å². The van der Waals surface area contributed by atoms with Crippen LogP contribution in [0.4, 0.5) is 9.18 Å². The second-order valence-electron chi connectivity index (χ2n) is 3.06. The zero-order valence-corrected chi connectivity index (χ0v) is 7.27. The van der Waals surface area contributed by atoms with Gasteiger partial charge in [-0.3, -0.25) is 0 Å². The molecule has 3 nitrogen and oxygen atoms in total. The average Bonchev–Trinajstić information content (AvgIpc) is 2.37. The maximum atomic E-state index is 12.9. The standard InChI is InChI=1S/C8H15FN2O/c1-2-10-8(12)11-7-5-3-4-6(7)9/h6-7H,2-5H2,1H3,(H2,10,11,12)/t6-,7+/m1/s1. The van der Waals surface area contributed by atoms with Crippen molar-refractivity contribution in [3.63, 3.8) is 0 Å². The van der Waals surface area contributed by atoms with Crippen LogP contribution < -0.4 is 10.6 Å². The summed E-state index contributed by atoms with van der Waals surface area (Å²) in [6.45, 7) is 2.41. The Morgan fingerprint density at radius 1 is 1.58 bits per heavy atom. The van der Waals surface area contributed by atoms with Crippen LogP contribution in [0.5, 0.6) is 0 Å². The number of carbonyl (C=O) groups is 1. The molecule has 0 aromatic carbocycles. The van der Waals surface area contributed by atoms with Gasteiger partial charge >= 0.3 is 6.03 Å². The van der Waals surface area contributed by atoms with Crippen molar-refractivity contribution in [2.45, 2.75) is 38.4 Å². The van der Waals surface area contributed by atoms with Gasteiger partial charge in [-0.15, -0.1) is 0 Å². The molecular weight excluding hydrogens is 159 g/mol. The molecule has 2 N–H and O–H groups in total. The molecule has 0 bridgehead atoms. The van der Waals surface area contributed by atoms with E-state index in [1.165, 1.54) is 0 Å². The molecule has 2 atom stereocenters. The van der Waals surface area contributed by atoms with Crippen LogP contribution in [0.2, 0.25) is 0 Å². The Hall–Kier alpha value is -0.800. The van der Waals surface area contributed by atoms with Gasteiger partial charge in [-0.05, 0) is 26.2 Å². The number of amides is 2. The van der Waals surface area contributed by atoms with E-state index in [1.54, 1.807) is 0 Å². The van der Waals surface area contributed by atoms with Crippen molar-refractivity contribution in [1.82, 2.24) is 10.6 Å². The Morgan fingerprint density at radius 3 is 2.83 bits per heavy atom. The van der Waals surface area contributed by atoms with E-state index in [4.69, 9.17) is 0 Å². The summed E-state index contributed by atoms with van der Waals surface area (Å²) >= 11 is 0. The van der Waals surface area contributed by atoms with Gasteiger partial charge in [0.15, 0.2) is 0 Å². The topological polar surface area (TPSA) is 41.1 Å². The zero-order chi connectivity index (χ0) is 8.97. The van der Waals surface area contributed by atoms with Gasteiger partial charge in [0.05, 0.1) is 6.04 Å². The molecule has 1 aliphatic carbocycles. The van der Waals surface area contributed by atoms with Crippen LogP contribution >= 0.6 is 0 Å². The van der Waals surface area contributed by atoms with Crippen molar-refractivity contribution in [2.75, 3.05) is 6.54 Å². The Morgan fingerprint density at radius 2 is 2.33 bits per heavy atom. The molecule has 1 aliphatic rings. The van der Waals surface area contributed by atoms with E-state index in [0.29, 0.717) is 13.0 Å². The SMILES string of the molecule is CCNC(=O)N[C@H]1CCC[C@H]1F. The Labute approximate surface area is 71.7 Å². The first kappa shape index (κ1) is 9.29. The average molecular weight is 174 g/mol. The first-order chi connectivity index (χ1) is 5.74. The van der Waals surface area contributed by atoms with Gasteiger partial charge in [-0.25, -0.2) is 9.18 Å². The summed E-state index contributed by atoms with van der Waals surface area (Å²) in [5, 5.41) is 5.18. The molecule has 0 aromatic heterocycles. The molecular formula is C8H15FN2O. The first-order valence-corrected chi connectivity index (χ1v) is 4.42. The second kappa shape index (κ2) is 4.28. The molecule has 0 unspecified atom stereocenters. The Bertz CT molecular complexity index is 163. The first-order valence-electron chi connectivity index (χ1n) is 4.42. The number of hydrogen-bond acceptors (Lipinski definition) is 1. The highest BCUT2D eigenvalue weighted by Gasteiger charge is 2.27. The number of carbonyl (C=O) groups excluding carboxylic acids is 1. The van der Waals surface area contributed by atoms with Crippen molar-refractivity contribution < 1.29 is 9.18 Å². The van der Waals surface area contributed by atoms with Crippen LogP contribution in [-0.2, 0) is 0 Å². The number of hydrogen-bond donors (Lipinski definition) is 2. The molecule has 1 rings (SSSR count). The highest BCUT2D eigenvalue weighted by atomic mass is 19.1. The van der Waals surface area contributed by atoms with Gasteiger partial charge in [0.25, 0.3) is 0 Å². The van der Waals surface area contributed by atoms with Crippen LogP contribution in [0.3, 0.4) is 0 Å². The molecule has 0 spiro atoms. The minimum atomic E-state index is -0.854. The summed E-state index contributed by atoms with van der Waals surface area (Å²) in [7, 11) is 0. The van der Waals surface area contributed by atoms with E-state index in [1.807, 2.05) is 6.92 Å². The van der Waals surface area contributed by atoms with E-state index in [9.17, 15) is 9.18 Å². The number of alkyl halides is 1. The third kappa shape index (κ3) is 2.36. The molecule has 2 amide bonds. The fourth-order valence-electron chi connectivity index (χ4n) is 1.46. The second-order valence-corrected chi connectivity index (χ2v) is 3.06. The summed E-state index contributed by atoms with van der Waals surface area (Å²) < 4.78 is 12.9. The molecule has 70 valence electrons. The largest absolute Gasteiger partial charge is 0.338 e. The lowest BCUT2D eigenvalue weighted by molar-refractivity contribution is 0.225. The number of urea groups is 1. The predicted molar refractivity (Wildman–Crippen MR) is 44.7 cm³/mol. The smallest absolute Gasteiger partial charge is 0.315 e. The van der Waals surface area contributed by atoms with Crippen molar-refractivity contribution in [3.8, 4) is 0 Å². The summed E-state index contributed by atoms with van der Waals surface area (Å²) in [6, 6.07) is -0.524. The summed E-state index contributed by atoms with van der Waals surface area (Å²) in [6.07, 6.45) is 1.36. The fraction of sp³-hybridized carbons (Fsp3) is 0.875. The zero-order valence-electron chi connectivity index (χ0n) is 7.27. The van der Waals surface area contributed by atoms with Crippen molar-refractivity contribution in [1.29, 1.82) is 0 Å². The van der Waals surface area contributed by atoms with Gasteiger partial charge in [0.2, 0.25) is 0 Å². The summed E-state index contributed by atoms with van der Waals surface area (Å²) in [5.74, 6) is 0. The molecule has 0 radical (unpaired) electrons. The highest BCUT2D eigenvalue weighted by Crippen LogP contribution is 2.21. The van der Waals surface area contributed by atoms with Crippen LogP contribution in [-0.4, -0.2) is 24.8 Å². The van der Waals surface area contributed by atoms with Crippen LogP contribution in [0, 0.1) is 0 Å². The normalized spacial score (nSPS) is 28.5. The van der Waals surface area contributed by atoms with Crippen LogP contribution in [0.1, 0.15) is 26.2 Å². The Balaban J connectivity index is 2.25. The molecule has 0 aliphatic heterocycles. The lowest BCUT2D eigenvalue weighted by atomic mass is 10.2. The van der Waals surface area contributed by atoms with Gasteiger partial charge < -0.3 is 10.6 Å². The summed E-state index contributed by atoms with van der Waals surface area (Å²) in [4.78, 5) is 11.0. The minimum Gasteiger partial charge on any atom is -0.338 e. The molecule has 0 saturated heterocycles. The van der Waals surface area contributed by atoms with Gasteiger partial charge in [0, 0.05) is 6.54 Å². The van der Waals surface area contributed by atoms with Crippen LogP contribution in [0.15, 0.2) is 0 Å². The molecule has 4 heteroatoms. The number of rotatable bonds is 2. The third-order valence-electron chi connectivity index (χ3n) is 2.09. The summed E-state index contributed by atoms with van der Waals surface area (Å²) in [5.41, 5.74) is 0.